The molecular weight excluding hydrogens is 458 g/mol. The first kappa shape index (κ1) is 21.5. The number of aromatic nitrogens is 4. The molecule has 12 heteroatoms. The highest BCUT2D eigenvalue weighted by molar-refractivity contribution is 6.34. The second-order valence-corrected chi connectivity index (χ2v) is 8.23. The fourth-order valence-corrected chi connectivity index (χ4v) is 4.29. The van der Waals surface area contributed by atoms with Crippen LogP contribution in [0.3, 0.4) is 0 Å². The highest BCUT2D eigenvalue weighted by Gasteiger charge is 2.41. The van der Waals surface area contributed by atoms with E-state index in [4.69, 9.17) is 11.6 Å². The Morgan fingerprint density at radius 3 is 2.55 bits per heavy atom. The molecule has 0 radical (unpaired) electrons. The fraction of sp³-hybridized carbons (Fsp3) is 0.333. The van der Waals surface area contributed by atoms with E-state index < -0.39 is 29.8 Å². The summed E-state index contributed by atoms with van der Waals surface area (Å²) in [6.07, 6.45) is 1.64. The smallest absolute Gasteiger partial charge is 0.352 e. The summed E-state index contributed by atoms with van der Waals surface area (Å²) in [7, 11) is 0. The summed E-state index contributed by atoms with van der Waals surface area (Å²) >= 11 is 6.19. The molecule has 33 heavy (non-hydrogen) atoms. The van der Waals surface area contributed by atoms with Gasteiger partial charge in [0.25, 0.3) is 5.91 Å². The van der Waals surface area contributed by atoms with E-state index in [1.54, 1.807) is 11.8 Å². The van der Waals surface area contributed by atoms with Gasteiger partial charge in [-0.15, -0.1) is 5.10 Å². The Morgan fingerprint density at radius 1 is 1.18 bits per heavy atom. The summed E-state index contributed by atoms with van der Waals surface area (Å²) in [5, 5.41) is 13.5. The minimum absolute atomic E-state index is 0.0219. The van der Waals surface area contributed by atoms with Gasteiger partial charge in [-0.25, -0.2) is 18.6 Å². The number of hydrogen-bond donors (Lipinski definition) is 1. The number of carbonyl (C=O) groups excluding carboxylic acids is 1. The van der Waals surface area contributed by atoms with Crippen molar-refractivity contribution in [3.8, 4) is 5.82 Å². The van der Waals surface area contributed by atoms with Crippen molar-refractivity contribution in [1.29, 1.82) is 0 Å². The Labute approximate surface area is 191 Å². The van der Waals surface area contributed by atoms with Crippen LogP contribution < -0.4 is 15.5 Å². The van der Waals surface area contributed by atoms with Crippen LogP contribution in [0.4, 0.5) is 20.3 Å². The van der Waals surface area contributed by atoms with E-state index in [-0.39, 0.29) is 53.0 Å². The number of fused-ring (bicyclic) bond motifs is 1. The largest absolute Gasteiger partial charge is 0.388 e. The molecule has 0 spiro atoms. The lowest BCUT2D eigenvalue weighted by molar-refractivity contribution is 0.0980. The van der Waals surface area contributed by atoms with Crippen molar-refractivity contribution < 1.29 is 18.7 Å². The molecule has 0 saturated heterocycles. The molecule has 1 aromatic carbocycles. The number of aliphatic hydroxyl groups excluding tert-OH is 1. The molecule has 2 aliphatic rings. The van der Waals surface area contributed by atoms with Gasteiger partial charge in [0.05, 0.1) is 10.6 Å². The number of nitrogens with zero attached hydrogens (tertiary/aromatic N) is 6. The molecule has 5 rings (SSSR count). The summed E-state index contributed by atoms with van der Waals surface area (Å²) in [5.74, 6) is -2.41. The van der Waals surface area contributed by atoms with Crippen molar-refractivity contribution in [3.63, 3.8) is 0 Å². The molecule has 172 valence electrons. The van der Waals surface area contributed by atoms with Crippen LogP contribution in [0.1, 0.15) is 35.9 Å². The average molecular weight is 477 g/mol. The maximum atomic E-state index is 15.2. The molecule has 1 amide bonds. The van der Waals surface area contributed by atoms with E-state index >= 15 is 4.39 Å². The molecule has 3 heterocycles. The van der Waals surface area contributed by atoms with Crippen molar-refractivity contribution in [1.82, 2.24) is 19.3 Å². The van der Waals surface area contributed by atoms with Crippen LogP contribution >= 0.6 is 11.6 Å². The van der Waals surface area contributed by atoms with Gasteiger partial charge in [0.2, 0.25) is 0 Å². The van der Waals surface area contributed by atoms with Crippen LogP contribution in [-0.4, -0.2) is 43.1 Å². The normalized spacial score (nSPS) is 15.8. The van der Waals surface area contributed by atoms with Crippen molar-refractivity contribution in [3.05, 3.63) is 62.8 Å². The number of halogens is 3. The number of carbonyl (C=O) groups is 1. The summed E-state index contributed by atoms with van der Waals surface area (Å²) in [4.78, 5) is 33.2. The lowest BCUT2D eigenvalue weighted by Gasteiger charge is -2.37. The van der Waals surface area contributed by atoms with Crippen molar-refractivity contribution >= 4 is 29.0 Å². The lowest BCUT2D eigenvalue weighted by Crippen LogP contribution is -2.49. The third-order valence-corrected chi connectivity index (χ3v) is 6.08. The summed E-state index contributed by atoms with van der Waals surface area (Å²) < 4.78 is 31.7. The first-order valence-corrected chi connectivity index (χ1v) is 10.8. The van der Waals surface area contributed by atoms with Crippen molar-refractivity contribution in [2.45, 2.75) is 39.0 Å². The third kappa shape index (κ3) is 3.39. The summed E-state index contributed by atoms with van der Waals surface area (Å²) in [6.45, 7) is 1.38. The highest BCUT2D eigenvalue weighted by atomic mass is 35.5. The van der Waals surface area contributed by atoms with Gasteiger partial charge in [-0.3, -0.25) is 14.3 Å². The minimum atomic E-state index is -0.952. The average Bonchev–Trinajstić information content (AvgIpc) is 3.58. The molecule has 9 nitrogen and oxygen atoms in total. The van der Waals surface area contributed by atoms with E-state index in [0.717, 1.165) is 23.6 Å². The summed E-state index contributed by atoms with van der Waals surface area (Å²) in [6, 6.07) is 5.11. The molecule has 0 atom stereocenters. The zero-order valence-electron chi connectivity index (χ0n) is 17.5. The second-order valence-electron chi connectivity index (χ2n) is 7.82. The van der Waals surface area contributed by atoms with E-state index in [1.807, 2.05) is 0 Å². The standard InChI is InChI=1S/C21H19ClF2N6O3/c1-2-27-16(9-31)26-30(21(27)33)19-15(24)8-12-18(25-19)28(11-6-7-11)10-29(20(12)32)17-13(22)4-3-5-14(17)23/h3-5,8,11,31H,2,6-7,9-10H2,1H3. The Hall–Kier alpha value is -3.31. The fourth-order valence-electron chi connectivity index (χ4n) is 4.03. The maximum Gasteiger partial charge on any atom is 0.352 e. The van der Waals surface area contributed by atoms with Crippen LogP contribution in [0.25, 0.3) is 5.82 Å². The molecule has 3 aromatic rings. The zero-order valence-corrected chi connectivity index (χ0v) is 18.3. The molecule has 1 fully saturated rings. The van der Waals surface area contributed by atoms with Gasteiger partial charge in [-0.1, -0.05) is 17.7 Å². The van der Waals surface area contributed by atoms with E-state index in [1.165, 1.54) is 27.7 Å². The van der Waals surface area contributed by atoms with Gasteiger partial charge >= 0.3 is 5.69 Å². The molecule has 0 bridgehead atoms. The van der Waals surface area contributed by atoms with Gasteiger partial charge < -0.3 is 10.0 Å². The van der Waals surface area contributed by atoms with Crippen molar-refractivity contribution in [2.75, 3.05) is 16.5 Å². The number of amides is 1. The number of para-hydroxylation sites is 1. The number of pyridine rings is 1. The van der Waals surface area contributed by atoms with Gasteiger partial charge in [-0.05, 0) is 38.0 Å². The molecule has 1 aliphatic carbocycles. The summed E-state index contributed by atoms with van der Waals surface area (Å²) in [5.41, 5.74) is -0.817. The Balaban J connectivity index is 1.66. The number of aliphatic hydroxyl groups is 1. The van der Waals surface area contributed by atoms with E-state index in [9.17, 15) is 19.1 Å². The van der Waals surface area contributed by atoms with Gasteiger partial charge in [0.1, 0.15) is 30.6 Å². The highest BCUT2D eigenvalue weighted by Crippen LogP contribution is 2.40. The zero-order chi connectivity index (χ0) is 23.4. The van der Waals surface area contributed by atoms with Crippen LogP contribution in [0.5, 0.6) is 0 Å². The van der Waals surface area contributed by atoms with Crippen LogP contribution in [0.15, 0.2) is 29.1 Å². The Morgan fingerprint density at radius 2 is 1.94 bits per heavy atom. The monoisotopic (exact) mass is 476 g/mol. The molecule has 1 saturated carbocycles. The third-order valence-electron chi connectivity index (χ3n) is 5.77. The van der Waals surface area contributed by atoms with E-state index in [2.05, 4.69) is 10.1 Å². The first-order valence-electron chi connectivity index (χ1n) is 10.4. The van der Waals surface area contributed by atoms with Gasteiger partial charge in [-0.2, -0.15) is 4.68 Å². The quantitative estimate of drug-likeness (QED) is 0.607. The maximum absolute atomic E-state index is 15.2. The molecule has 2 aromatic heterocycles. The molecule has 1 aliphatic heterocycles. The lowest BCUT2D eigenvalue weighted by atomic mass is 10.1. The minimum Gasteiger partial charge on any atom is -0.388 e. The SMILES string of the molecule is CCn1c(CO)nn(-c2nc3c(cc2F)C(=O)N(c2c(F)cccc2Cl)CN3C2CC2)c1=O. The van der Waals surface area contributed by atoms with Crippen LogP contribution in [0, 0.1) is 11.6 Å². The number of benzene rings is 1. The topological polar surface area (TPSA) is 96.5 Å². The predicted molar refractivity (Wildman–Crippen MR) is 116 cm³/mol. The number of anilines is 2. The van der Waals surface area contributed by atoms with Crippen LogP contribution in [0.2, 0.25) is 5.02 Å². The number of rotatable bonds is 5. The first-order chi connectivity index (χ1) is 15.8. The second kappa shape index (κ2) is 7.92. The van der Waals surface area contributed by atoms with Gasteiger partial charge in [0, 0.05) is 12.6 Å². The van der Waals surface area contributed by atoms with Crippen LogP contribution in [-0.2, 0) is 13.2 Å². The van der Waals surface area contributed by atoms with Gasteiger partial charge in [0.15, 0.2) is 17.5 Å². The Kier molecular flexibility index (Phi) is 5.17. The number of hydrogen-bond acceptors (Lipinski definition) is 6. The predicted octanol–water partition coefficient (Wildman–Crippen LogP) is 2.46. The molecular formula is C21H19ClF2N6O3. The van der Waals surface area contributed by atoms with E-state index in [0.29, 0.717) is 0 Å². The molecule has 1 N–H and O–H groups in total. The Bertz CT molecular complexity index is 1320. The van der Waals surface area contributed by atoms with Crippen molar-refractivity contribution in [2.24, 2.45) is 0 Å². The molecule has 0 unspecified atom stereocenters.